The molecule has 7 heteroatoms. The normalized spacial score (nSPS) is 12.2. The van der Waals surface area contributed by atoms with Gasteiger partial charge in [0.2, 0.25) is 0 Å². The van der Waals surface area contributed by atoms with Crippen molar-refractivity contribution >= 4 is 46.1 Å². The first-order chi connectivity index (χ1) is 17.0. The fourth-order valence-corrected chi connectivity index (χ4v) is 4.93. The van der Waals surface area contributed by atoms with Crippen LogP contribution < -0.4 is 15.1 Å². The van der Waals surface area contributed by atoms with E-state index in [0.29, 0.717) is 33.9 Å². The van der Waals surface area contributed by atoms with Crippen molar-refractivity contribution in [1.29, 1.82) is 0 Å². The first-order valence-corrected chi connectivity index (χ1v) is 12.1. The standard InChI is InChI=1S/C28H23N3O3S/c1-30(28(34)25-11-6-18-35-25)24-10-5-3-8-22(24)26(32)29-21-14-12-20(13-15-21)27(33)31-17-16-19-7-2-4-9-23(19)31/h2-15,18H,16-17H2,1H3,(H,29,32). The molecule has 4 aromatic rings. The van der Waals surface area contributed by atoms with Crippen LogP contribution in [0.15, 0.2) is 90.3 Å². The molecule has 0 unspecified atom stereocenters. The van der Waals surface area contributed by atoms with E-state index in [1.165, 1.54) is 21.8 Å². The maximum atomic E-state index is 13.1. The van der Waals surface area contributed by atoms with Gasteiger partial charge < -0.3 is 15.1 Å². The molecule has 0 radical (unpaired) electrons. The summed E-state index contributed by atoms with van der Waals surface area (Å²) >= 11 is 1.36. The average molecular weight is 482 g/mol. The van der Waals surface area contributed by atoms with Crippen molar-refractivity contribution in [3.05, 3.63) is 112 Å². The van der Waals surface area contributed by atoms with Gasteiger partial charge >= 0.3 is 0 Å². The monoisotopic (exact) mass is 481 g/mol. The second kappa shape index (κ2) is 9.56. The minimum Gasteiger partial charge on any atom is -0.322 e. The quantitative estimate of drug-likeness (QED) is 0.410. The number of carbonyl (C=O) groups is 3. The largest absolute Gasteiger partial charge is 0.322 e. The van der Waals surface area contributed by atoms with Gasteiger partial charge in [-0.05, 0) is 65.9 Å². The number of nitrogens with one attached hydrogen (secondary N) is 1. The third-order valence-electron chi connectivity index (χ3n) is 6.07. The van der Waals surface area contributed by atoms with Crippen LogP contribution in [-0.2, 0) is 6.42 Å². The van der Waals surface area contributed by atoms with Crippen molar-refractivity contribution < 1.29 is 14.4 Å². The van der Waals surface area contributed by atoms with Gasteiger partial charge in [0.25, 0.3) is 17.7 Å². The van der Waals surface area contributed by atoms with Crippen molar-refractivity contribution in [2.45, 2.75) is 6.42 Å². The smallest absolute Gasteiger partial charge is 0.268 e. The number of nitrogens with zero attached hydrogens (tertiary/aromatic N) is 2. The molecular weight excluding hydrogens is 458 g/mol. The third kappa shape index (κ3) is 4.46. The van der Waals surface area contributed by atoms with Crippen LogP contribution in [0.4, 0.5) is 17.1 Å². The van der Waals surface area contributed by atoms with Crippen LogP contribution in [0.1, 0.15) is 36.0 Å². The molecule has 1 aliphatic rings. The summed E-state index contributed by atoms with van der Waals surface area (Å²) in [7, 11) is 1.66. The van der Waals surface area contributed by atoms with Gasteiger partial charge in [0.15, 0.2) is 0 Å². The second-order valence-electron chi connectivity index (χ2n) is 8.23. The summed E-state index contributed by atoms with van der Waals surface area (Å²) in [6, 6.07) is 25.4. The molecule has 1 aromatic heterocycles. The maximum Gasteiger partial charge on any atom is 0.268 e. The highest BCUT2D eigenvalue weighted by Gasteiger charge is 2.25. The van der Waals surface area contributed by atoms with Crippen LogP contribution >= 0.6 is 11.3 Å². The van der Waals surface area contributed by atoms with Crippen LogP contribution in [-0.4, -0.2) is 31.3 Å². The zero-order chi connectivity index (χ0) is 24.4. The molecule has 0 spiro atoms. The highest BCUT2D eigenvalue weighted by molar-refractivity contribution is 7.12. The Morgan fingerprint density at radius 2 is 1.63 bits per heavy atom. The zero-order valence-corrected chi connectivity index (χ0v) is 19.9. The lowest BCUT2D eigenvalue weighted by Gasteiger charge is -2.20. The molecule has 0 aliphatic carbocycles. The fourth-order valence-electron chi connectivity index (χ4n) is 4.23. The van der Waals surface area contributed by atoms with E-state index in [-0.39, 0.29) is 17.7 Å². The lowest BCUT2D eigenvalue weighted by Crippen LogP contribution is -2.29. The van der Waals surface area contributed by atoms with Crippen molar-refractivity contribution in [3.63, 3.8) is 0 Å². The number of benzene rings is 3. The summed E-state index contributed by atoms with van der Waals surface area (Å²) in [6.07, 6.45) is 0.846. The van der Waals surface area contributed by atoms with Gasteiger partial charge in [-0.15, -0.1) is 11.3 Å². The molecule has 3 amide bonds. The SMILES string of the molecule is CN(C(=O)c1cccs1)c1ccccc1C(=O)Nc1ccc(C(=O)N2CCc3ccccc32)cc1. The molecule has 0 saturated carbocycles. The molecule has 174 valence electrons. The van der Waals surface area contributed by atoms with E-state index >= 15 is 0 Å². The Hall–Kier alpha value is -4.23. The van der Waals surface area contributed by atoms with E-state index in [9.17, 15) is 14.4 Å². The van der Waals surface area contributed by atoms with E-state index in [1.54, 1.807) is 66.5 Å². The van der Waals surface area contributed by atoms with E-state index in [1.807, 2.05) is 35.7 Å². The Kier molecular flexibility index (Phi) is 6.16. The number of hydrogen-bond donors (Lipinski definition) is 1. The molecule has 1 aliphatic heterocycles. The number of fused-ring (bicyclic) bond motifs is 1. The molecule has 6 nitrogen and oxygen atoms in total. The van der Waals surface area contributed by atoms with E-state index < -0.39 is 0 Å². The molecule has 35 heavy (non-hydrogen) atoms. The van der Waals surface area contributed by atoms with Gasteiger partial charge in [-0.25, -0.2) is 0 Å². The van der Waals surface area contributed by atoms with Crippen molar-refractivity contribution in [2.24, 2.45) is 0 Å². The number of amides is 3. The molecule has 2 heterocycles. The number of thiophene rings is 1. The molecule has 0 atom stereocenters. The topological polar surface area (TPSA) is 69.7 Å². The fraction of sp³-hybridized carbons (Fsp3) is 0.107. The molecule has 0 saturated heterocycles. The van der Waals surface area contributed by atoms with Gasteiger partial charge in [0, 0.05) is 30.5 Å². The first kappa shape index (κ1) is 22.6. The van der Waals surface area contributed by atoms with Crippen LogP contribution in [0.25, 0.3) is 0 Å². The molecular formula is C28H23N3O3S. The lowest BCUT2D eigenvalue weighted by atomic mass is 10.1. The van der Waals surface area contributed by atoms with Gasteiger partial charge in [-0.2, -0.15) is 0 Å². The minimum atomic E-state index is -0.334. The predicted octanol–water partition coefficient (Wildman–Crippen LogP) is 5.48. The van der Waals surface area contributed by atoms with Crippen molar-refractivity contribution in [3.8, 4) is 0 Å². The minimum absolute atomic E-state index is 0.0631. The number of rotatable bonds is 5. The van der Waals surface area contributed by atoms with Crippen LogP contribution in [0.3, 0.4) is 0 Å². The van der Waals surface area contributed by atoms with Crippen LogP contribution in [0, 0.1) is 0 Å². The van der Waals surface area contributed by atoms with E-state index in [0.717, 1.165) is 12.1 Å². The van der Waals surface area contributed by atoms with Gasteiger partial charge in [0.05, 0.1) is 16.1 Å². The summed E-state index contributed by atoms with van der Waals surface area (Å²) in [5.74, 6) is -0.572. The highest BCUT2D eigenvalue weighted by Crippen LogP contribution is 2.29. The summed E-state index contributed by atoms with van der Waals surface area (Å²) in [5, 5.41) is 4.72. The number of carbonyl (C=O) groups excluding carboxylic acids is 3. The second-order valence-corrected chi connectivity index (χ2v) is 9.17. The zero-order valence-electron chi connectivity index (χ0n) is 19.1. The number of para-hydroxylation sites is 2. The molecule has 3 aromatic carbocycles. The Morgan fingerprint density at radius 1 is 0.886 bits per heavy atom. The Balaban J connectivity index is 1.31. The average Bonchev–Trinajstić information content (AvgIpc) is 3.58. The summed E-state index contributed by atoms with van der Waals surface area (Å²) in [5.41, 5.74) is 4.15. The number of hydrogen-bond acceptors (Lipinski definition) is 4. The van der Waals surface area contributed by atoms with E-state index in [2.05, 4.69) is 5.32 Å². The molecule has 1 N–H and O–H groups in total. The number of anilines is 3. The predicted molar refractivity (Wildman–Crippen MR) is 140 cm³/mol. The summed E-state index contributed by atoms with van der Waals surface area (Å²) in [6.45, 7) is 0.658. The van der Waals surface area contributed by atoms with Crippen molar-refractivity contribution in [1.82, 2.24) is 0 Å². The Morgan fingerprint density at radius 3 is 2.40 bits per heavy atom. The third-order valence-corrected chi connectivity index (χ3v) is 6.93. The summed E-state index contributed by atoms with van der Waals surface area (Å²) < 4.78 is 0. The van der Waals surface area contributed by atoms with Crippen LogP contribution in [0.2, 0.25) is 0 Å². The van der Waals surface area contributed by atoms with E-state index in [4.69, 9.17) is 0 Å². The lowest BCUT2D eigenvalue weighted by molar-refractivity contribution is 0.0983. The Bertz CT molecular complexity index is 1400. The maximum absolute atomic E-state index is 13.1. The molecule has 0 fully saturated rings. The van der Waals surface area contributed by atoms with Crippen molar-refractivity contribution in [2.75, 3.05) is 28.7 Å². The molecule has 0 bridgehead atoms. The first-order valence-electron chi connectivity index (χ1n) is 11.2. The van der Waals surface area contributed by atoms with Gasteiger partial charge in [-0.3, -0.25) is 14.4 Å². The molecule has 5 rings (SSSR count). The van der Waals surface area contributed by atoms with Gasteiger partial charge in [-0.1, -0.05) is 36.4 Å². The van der Waals surface area contributed by atoms with Gasteiger partial charge in [0.1, 0.15) is 0 Å². The summed E-state index contributed by atoms with van der Waals surface area (Å²) in [4.78, 5) is 42.8. The highest BCUT2D eigenvalue weighted by atomic mass is 32.1. The van der Waals surface area contributed by atoms with Crippen LogP contribution in [0.5, 0.6) is 0 Å². The Labute approximate surface area is 207 Å².